The van der Waals surface area contributed by atoms with Crippen LogP contribution >= 0.6 is 0 Å². The molecule has 0 spiro atoms. The molecule has 1 aliphatic heterocycles. The van der Waals surface area contributed by atoms with Gasteiger partial charge in [0.25, 0.3) is 5.91 Å². The van der Waals surface area contributed by atoms with Gasteiger partial charge in [-0.1, -0.05) is 44.2 Å². The molecule has 0 bridgehead atoms. The lowest BCUT2D eigenvalue weighted by Gasteiger charge is -2.30. The van der Waals surface area contributed by atoms with Crippen LogP contribution in [0.1, 0.15) is 48.0 Å². The van der Waals surface area contributed by atoms with Crippen LogP contribution in [0.4, 0.5) is 14.9 Å². The minimum Gasteiger partial charge on any atom is -0.462 e. The number of rotatable bonds is 6. The minimum absolute atomic E-state index is 0.143. The summed E-state index contributed by atoms with van der Waals surface area (Å²) in [7, 11) is 1.64. The van der Waals surface area contributed by atoms with E-state index in [4.69, 9.17) is 9.47 Å². The van der Waals surface area contributed by atoms with E-state index in [9.17, 15) is 18.8 Å². The van der Waals surface area contributed by atoms with Crippen molar-refractivity contribution < 1.29 is 28.2 Å². The van der Waals surface area contributed by atoms with Crippen LogP contribution < -0.4 is 4.90 Å². The molecule has 5 rings (SSSR count). The first-order valence-electron chi connectivity index (χ1n) is 13.7. The van der Waals surface area contributed by atoms with E-state index in [1.807, 2.05) is 56.3 Å². The van der Waals surface area contributed by atoms with E-state index >= 15 is 0 Å². The summed E-state index contributed by atoms with van der Waals surface area (Å²) < 4.78 is 24.4. The summed E-state index contributed by atoms with van der Waals surface area (Å²) in [4.78, 5) is 45.9. The number of nitrogens with one attached hydrogen (secondary N) is 1. The van der Waals surface area contributed by atoms with Gasteiger partial charge in [0.05, 0.1) is 17.9 Å². The topological polar surface area (TPSA) is 91.9 Å². The van der Waals surface area contributed by atoms with Crippen LogP contribution in [0, 0.1) is 5.82 Å². The smallest absolute Gasteiger partial charge is 0.414 e. The number of benzene rings is 3. The van der Waals surface area contributed by atoms with Gasteiger partial charge in [-0.3, -0.25) is 9.69 Å². The molecule has 1 aliphatic rings. The monoisotopic (exact) mass is 569 g/mol. The molecule has 0 fully saturated rings. The van der Waals surface area contributed by atoms with Crippen molar-refractivity contribution in [3.8, 4) is 0 Å². The van der Waals surface area contributed by atoms with E-state index in [1.165, 1.54) is 40.3 Å². The molecule has 8 nitrogen and oxygen atoms in total. The third-order valence-corrected chi connectivity index (χ3v) is 7.29. The molecule has 0 atom stereocenters. The van der Waals surface area contributed by atoms with Gasteiger partial charge in [0.2, 0.25) is 0 Å². The van der Waals surface area contributed by atoms with Gasteiger partial charge in [0.15, 0.2) is 0 Å². The molecule has 1 aromatic heterocycles. The van der Waals surface area contributed by atoms with Crippen LogP contribution in [0.2, 0.25) is 0 Å². The molecule has 0 saturated heterocycles. The van der Waals surface area contributed by atoms with Crippen molar-refractivity contribution in [2.75, 3.05) is 25.1 Å². The molecular weight excluding hydrogens is 537 g/mol. The molecule has 42 heavy (non-hydrogen) atoms. The number of hydrogen-bond donors (Lipinski definition) is 1. The zero-order valence-corrected chi connectivity index (χ0v) is 23.9. The molecule has 9 heteroatoms. The van der Waals surface area contributed by atoms with E-state index in [0.29, 0.717) is 16.9 Å². The zero-order chi connectivity index (χ0) is 30.0. The molecule has 2 amide bonds. The standard InChI is InChI=1S/C33H32FN3O5/c1-5-41-31(39)26-18-37(30(38)22-11-13-23(34)14-12-22)20-33(2,3)28-25-17-24(15-16-27(25)35-29(26)28)36(4)32(40)42-19-21-9-7-6-8-10-21/h6-18,35H,5,19-20H2,1-4H3. The number of ether oxygens (including phenoxy) is 2. The van der Waals surface area contributed by atoms with E-state index < -0.39 is 23.3 Å². The predicted molar refractivity (Wildman–Crippen MR) is 158 cm³/mol. The summed E-state index contributed by atoms with van der Waals surface area (Å²) in [6.45, 7) is 6.20. The number of H-pyrrole nitrogens is 1. The predicted octanol–water partition coefficient (Wildman–Crippen LogP) is 6.42. The maximum atomic E-state index is 13.5. The lowest BCUT2D eigenvalue weighted by molar-refractivity contribution is -0.136. The van der Waals surface area contributed by atoms with Crippen molar-refractivity contribution in [1.29, 1.82) is 0 Å². The molecule has 0 unspecified atom stereocenters. The quantitative estimate of drug-likeness (QED) is 0.271. The van der Waals surface area contributed by atoms with E-state index in [0.717, 1.165) is 22.0 Å². The number of fused-ring (bicyclic) bond motifs is 3. The molecule has 0 saturated carbocycles. The summed E-state index contributed by atoms with van der Waals surface area (Å²) in [5.74, 6) is -1.40. The van der Waals surface area contributed by atoms with Gasteiger partial charge in [-0.05, 0) is 60.5 Å². The highest BCUT2D eigenvalue weighted by Gasteiger charge is 2.37. The number of nitrogens with zero attached hydrogens (tertiary/aromatic N) is 2. The van der Waals surface area contributed by atoms with Gasteiger partial charge in [0.1, 0.15) is 12.4 Å². The second-order valence-corrected chi connectivity index (χ2v) is 10.8. The van der Waals surface area contributed by atoms with Gasteiger partial charge in [-0.2, -0.15) is 0 Å². The fourth-order valence-corrected chi connectivity index (χ4v) is 5.24. The fraction of sp³-hybridized carbons (Fsp3) is 0.242. The van der Waals surface area contributed by atoms with Crippen molar-refractivity contribution in [1.82, 2.24) is 9.88 Å². The summed E-state index contributed by atoms with van der Waals surface area (Å²) in [5.41, 5.74) is 3.42. The number of carbonyl (C=O) groups is 3. The van der Waals surface area contributed by atoms with Gasteiger partial charge in [0, 0.05) is 47.4 Å². The number of anilines is 1. The van der Waals surface area contributed by atoms with Crippen LogP contribution in [0.5, 0.6) is 0 Å². The summed E-state index contributed by atoms with van der Waals surface area (Å²) >= 11 is 0. The average molecular weight is 570 g/mol. The van der Waals surface area contributed by atoms with Crippen LogP contribution in [0.15, 0.2) is 79.0 Å². The number of hydrogen-bond acceptors (Lipinski definition) is 5. The third kappa shape index (κ3) is 5.63. The van der Waals surface area contributed by atoms with Crippen molar-refractivity contribution in [2.24, 2.45) is 0 Å². The lowest BCUT2D eigenvalue weighted by atomic mass is 9.81. The Kier molecular flexibility index (Phi) is 7.85. The first-order valence-corrected chi connectivity index (χ1v) is 13.7. The Morgan fingerprint density at radius 3 is 2.40 bits per heavy atom. The van der Waals surface area contributed by atoms with Gasteiger partial charge in [-0.25, -0.2) is 14.0 Å². The fourth-order valence-electron chi connectivity index (χ4n) is 5.24. The Labute approximate surface area is 243 Å². The summed E-state index contributed by atoms with van der Waals surface area (Å²) in [5, 5.41) is 0.793. The van der Waals surface area contributed by atoms with Crippen molar-refractivity contribution in [3.05, 3.63) is 107 Å². The SMILES string of the molecule is CCOC(=O)C1=CN(C(=O)c2ccc(F)cc2)CC(C)(C)c2c1[nH]c1ccc(N(C)C(=O)OCc3ccccc3)cc21. The second kappa shape index (κ2) is 11.5. The normalized spacial score (nSPS) is 14.0. The lowest BCUT2D eigenvalue weighted by Crippen LogP contribution is -2.37. The van der Waals surface area contributed by atoms with Gasteiger partial charge in [-0.15, -0.1) is 0 Å². The average Bonchev–Trinajstić information content (AvgIpc) is 3.32. The Morgan fingerprint density at radius 1 is 1.00 bits per heavy atom. The number of aromatic amines is 1. The van der Waals surface area contributed by atoms with E-state index in [1.54, 1.807) is 20.0 Å². The van der Waals surface area contributed by atoms with Crippen LogP contribution in [0.25, 0.3) is 16.5 Å². The highest BCUT2D eigenvalue weighted by Crippen LogP contribution is 2.41. The minimum atomic E-state index is -0.654. The number of aromatic nitrogens is 1. The van der Waals surface area contributed by atoms with Gasteiger partial charge < -0.3 is 19.4 Å². The maximum absolute atomic E-state index is 13.5. The van der Waals surface area contributed by atoms with Crippen LogP contribution in [0.3, 0.4) is 0 Å². The molecule has 0 aliphatic carbocycles. The zero-order valence-electron chi connectivity index (χ0n) is 23.9. The second-order valence-electron chi connectivity index (χ2n) is 10.8. The third-order valence-electron chi connectivity index (χ3n) is 7.29. The highest BCUT2D eigenvalue weighted by atomic mass is 19.1. The molecular formula is C33H32FN3O5. The summed E-state index contributed by atoms with van der Waals surface area (Å²) in [6.07, 6.45) is 0.989. The van der Waals surface area contributed by atoms with Crippen LogP contribution in [-0.4, -0.2) is 48.1 Å². The first-order chi connectivity index (χ1) is 20.1. The number of halogens is 1. The Morgan fingerprint density at radius 2 is 1.71 bits per heavy atom. The number of amides is 2. The molecule has 1 N–H and O–H groups in total. The Bertz CT molecular complexity index is 1680. The maximum Gasteiger partial charge on any atom is 0.414 e. The van der Waals surface area contributed by atoms with Gasteiger partial charge >= 0.3 is 12.1 Å². The number of carbonyl (C=O) groups excluding carboxylic acids is 3. The molecule has 2 heterocycles. The largest absolute Gasteiger partial charge is 0.462 e. The van der Waals surface area contributed by atoms with Crippen molar-refractivity contribution in [2.45, 2.75) is 32.8 Å². The molecule has 0 radical (unpaired) electrons. The Balaban J connectivity index is 1.53. The van der Waals surface area contributed by atoms with E-state index in [2.05, 4.69) is 4.98 Å². The van der Waals surface area contributed by atoms with Crippen molar-refractivity contribution in [3.63, 3.8) is 0 Å². The first kappa shape index (κ1) is 28.6. The highest BCUT2D eigenvalue weighted by molar-refractivity contribution is 6.18. The Hall–Kier alpha value is -4.92. The molecule has 3 aromatic carbocycles. The van der Waals surface area contributed by atoms with E-state index in [-0.39, 0.29) is 31.2 Å². The molecule has 216 valence electrons. The summed E-state index contributed by atoms with van der Waals surface area (Å²) in [6, 6.07) is 20.2. The van der Waals surface area contributed by atoms with Crippen LogP contribution in [-0.2, 0) is 26.3 Å². The van der Waals surface area contributed by atoms with Crippen molar-refractivity contribution >= 4 is 40.1 Å². The molecule has 4 aromatic rings. The number of esters is 1.